The third-order valence-electron chi connectivity index (χ3n) is 4.10. The van der Waals surface area contributed by atoms with Crippen LogP contribution in [-0.4, -0.2) is 27.1 Å². The van der Waals surface area contributed by atoms with Crippen molar-refractivity contribution < 1.29 is 9.18 Å². The Morgan fingerprint density at radius 3 is 2.77 bits per heavy atom. The van der Waals surface area contributed by atoms with Gasteiger partial charge in [0.05, 0.1) is 18.3 Å². The lowest BCUT2D eigenvalue weighted by Crippen LogP contribution is -2.30. The number of aromatic nitrogens is 2. The van der Waals surface area contributed by atoms with Gasteiger partial charge in [-0.2, -0.15) is 5.10 Å². The molecule has 26 heavy (non-hydrogen) atoms. The maximum absolute atomic E-state index is 13.4. The molecule has 0 saturated heterocycles. The summed E-state index contributed by atoms with van der Waals surface area (Å²) >= 11 is 6.17. The number of hydrogen-bond acceptors (Lipinski definition) is 2. The van der Waals surface area contributed by atoms with Crippen molar-refractivity contribution >= 4 is 17.5 Å². The molecule has 0 atom stereocenters. The minimum atomic E-state index is -0.307. The summed E-state index contributed by atoms with van der Waals surface area (Å²) in [6.07, 6.45) is 3.26. The van der Waals surface area contributed by atoms with Crippen molar-refractivity contribution in [3.8, 4) is 0 Å². The minimum absolute atomic E-state index is 0.137. The van der Waals surface area contributed by atoms with Gasteiger partial charge in [0.15, 0.2) is 0 Å². The molecule has 0 aliphatic heterocycles. The number of hydrogen-bond donors (Lipinski definition) is 0. The molecule has 3 aromatic rings. The van der Waals surface area contributed by atoms with E-state index in [1.54, 1.807) is 34.1 Å². The van der Waals surface area contributed by atoms with E-state index in [2.05, 4.69) is 5.10 Å². The summed E-state index contributed by atoms with van der Waals surface area (Å²) < 4.78 is 15.0. The van der Waals surface area contributed by atoms with Gasteiger partial charge in [-0.15, -0.1) is 0 Å². The van der Waals surface area contributed by atoms with Crippen LogP contribution in [0.4, 0.5) is 4.39 Å². The highest BCUT2D eigenvalue weighted by Crippen LogP contribution is 2.17. The van der Waals surface area contributed by atoms with Gasteiger partial charge in [-0.05, 0) is 36.2 Å². The number of rotatable bonds is 6. The molecule has 4 nitrogen and oxygen atoms in total. The zero-order valence-corrected chi connectivity index (χ0v) is 15.2. The molecule has 0 saturated carbocycles. The quantitative estimate of drug-likeness (QED) is 0.644. The Bertz CT molecular complexity index is 909. The second-order valence-corrected chi connectivity index (χ2v) is 6.37. The molecule has 2 aromatic carbocycles. The van der Waals surface area contributed by atoms with E-state index in [0.29, 0.717) is 30.2 Å². The first-order valence-corrected chi connectivity index (χ1v) is 8.74. The van der Waals surface area contributed by atoms with Gasteiger partial charge in [0, 0.05) is 24.3 Å². The molecule has 0 spiro atoms. The Labute approximate surface area is 156 Å². The molecule has 3 rings (SSSR count). The predicted octanol–water partition coefficient (Wildman–Crippen LogP) is 4.39. The van der Waals surface area contributed by atoms with E-state index in [4.69, 9.17) is 11.6 Å². The molecule has 0 unspecified atom stereocenters. The van der Waals surface area contributed by atoms with Crippen LogP contribution < -0.4 is 0 Å². The van der Waals surface area contributed by atoms with Crippen LogP contribution in [0.3, 0.4) is 0 Å². The molecule has 1 amide bonds. The lowest BCUT2D eigenvalue weighted by Gasteiger charge is -2.20. The summed E-state index contributed by atoms with van der Waals surface area (Å²) in [5.41, 5.74) is 2.18. The first kappa shape index (κ1) is 18.1. The topological polar surface area (TPSA) is 38.1 Å². The molecule has 6 heteroatoms. The molecule has 1 aromatic heterocycles. The van der Waals surface area contributed by atoms with Gasteiger partial charge < -0.3 is 4.90 Å². The molecule has 0 radical (unpaired) electrons. The van der Waals surface area contributed by atoms with Crippen molar-refractivity contribution in [3.63, 3.8) is 0 Å². The smallest absolute Gasteiger partial charge is 0.257 e. The molecular formula is C20H19ClFN3O. The van der Waals surface area contributed by atoms with E-state index in [-0.39, 0.29) is 11.7 Å². The van der Waals surface area contributed by atoms with E-state index >= 15 is 0 Å². The van der Waals surface area contributed by atoms with E-state index in [1.807, 2.05) is 31.2 Å². The van der Waals surface area contributed by atoms with Crippen LogP contribution in [0.1, 0.15) is 28.4 Å². The van der Waals surface area contributed by atoms with Crippen molar-refractivity contribution in [2.24, 2.45) is 0 Å². The standard InChI is InChI=1S/C20H19ClFN3O/c1-2-24(12-15-6-5-8-18(22)10-15)20(26)17-11-23-25(14-17)13-16-7-3-4-9-19(16)21/h3-11,14H,2,12-13H2,1H3. The Morgan fingerprint density at radius 1 is 1.23 bits per heavy atom. The molecule has 1 heterocycles. The number of carbonyl (C=O) groups is 1. The number of nitrogens with zero attached hydrogens (tertiary/aromatic N) is 3. The van der Waals surface area contributed by atoms with Crippen molar-refractivity contribution in [1.82, 2.24) is 14.7 Å². The highest BCUT2D eigenvalue weighted by atomic mass is 35.5. The Morgan fingerprint density at radius 2 is 2.04 bits per heavy atom. The largest absolute Gasteiger partial charge is 0.334 e. The number of halogens is 2. The second kappa shape index (κ2) is 8.15. The van der Waals surface area contributed by atoms with Crippen LogP contribution in [-0.2, 0) is 13.1 Å². The molecule has 0 bridgehead atoms. The van der Waals surface area contributed by atoms with Crippen molar-refractivity contribution in [3.05, 3.63) is 88.5 Å². The highest BCUT2D eigenvalue weighted by molar-refractivity contribution is 6.31. The van der Waals surface area contributed by atoms with Gasteiger partial charge in [-0.1, -0.05) is 41.9 Å². The summed E-state index contributed by atoms with van der Waals surface area (Å²) in [6.45, 7) is 3.25. The first-order chi connectivity index (χ1) is 12.6. The van der Waals surface area contributed by atoms with Crippen LogP contribution in [0.25, 0.3) is 0 Å². The van der Waals surface area contributed by atoms with Crippen molar-refractivity contribution in [1.29, 1.82) is 0 Å². The third kappa shape index (κ3) is 4.29. The maximum Gasteiger partial charge on any atom is 0.257 e. The summed E-state index contributed by atoms with van der Waals surface area (Å²) in [5, 5.41) is 4.93. The Balaban J connectivity index is 1.72. The van der Waals surface area contributed by atoms with E-state index < -0.39 is 0 Å². The number of carbonyl (C=O) groups excluding carboxylic acids is 1. The summed E-state index contributed by atoms with van der Waals surface area (Å²) in [7, 11) is 0. The third-order valence-corrected chi connectivity index (χ3v) is 4.47. The van der Waals surface area contributed by atoms with Gasteiger partial charge in [0.1, 0.15) is 5.82 Å². The zero-order valence-electron chi connectivity index (χ0n) is 14.4. The average Bonchev–Trinajstić information content (AvgIpc) is 3.10. The number of amides is 1. The average molecular weight is 372 g/mol. The van der Waals surface area contributed by atoms with Crippen molar-refractivity contribution in [2.75, 3.05) is 6.54 Å². The zero-order chi connectivity index (χ0) is 18.5. The summed E-state index contributed by atoms with van der Waals surface area (Å²) in [5.74, 6) is -0.444. The van der Waals surface area contributed by atoms with Crippen LogP contribution in [0.2, 0.25) is 5.02 Å². The fourth-order valence-corrected chi connectivity index (χ4v) is 2.92. The monoisotopic (exact) mass is 371 g/mol. The van der Waals surface area contributed by atoms with E-state index in [9.17, 15) is 9.18 Å². The van der Waals surface area contributed by atoms with Gasteiger partial charge in [0.25, 0.3) is 5.91 Å². The fourth-order valence-electron chi connectivity index (χ4n) is 2.73. The van der Waals surface area contributed by atoms with E-state index in [1.165, 1.54) is 12.1 Å². The maximum atomic E-state index is 13.4. The first-order valence-electron chi connectivity index (χ1n) is 8.36. The minimum Gasteiger partial charge on any atom is -0.334 e. The highest BCUT2D eigenvalue weighted by Gasteiger charge is 2.17. The molecule has 0 aliphatic rings. The molecular weight excluding hydrogens is 353 g/mol. The van der Waals surface area contributed by atoms with Crippen LogP contribution in [0.15, 0.2) is 60.9 Å². The van der Waals surface area contributed by atoms with Gasteiger partial charge in [-0.3, -0.25) is 9.48 Å². The SMILES string of the molecule is CCN(Cc1cccc(F)c1)C(=O)c1cnn(Cc2ccccc2Cl)c1. The number of benzene rings is 2. The predicted molar refractivity (Wildman–Crippen MR) is 99.6 cm³/mol. The summed E-state index contributed by atoms with van der Waals surface area (Å²) in [4.78, 5) is 14.4. The molecule has 0 fully saturated rings. The lowest BCUT2D eigenvalue weighted by atomic mass is 10.2. The fraction of sp³-hybridized carbons (Fsp3) is 0.200. The summed E-state index contributed by atoms with van der Waals surface area (Å²) in [6, 6.07) is 13.8. The van der Waals surface area contributed by atoms with Crippen molar-refractivity contribution in [2.45, 2.75) is 20.0 Å². The Kier molecular flexibility index (Phi) is 5.68. The van der Waals surface area contributed by atoms with E-state index in [0.717, 1.165) is 11.1 Å². The van der Waals surface area contributed by atoms with Gasteiger partial charge in [-0.25, -0.2) is 4.39 Å². The molecule has 134 valence electrons. The van der Waals surface area contributed by atoms with Gasteiger partial charge in [0.2, 0.25) is 0 Å². The van der Waals surface area contributed by atoms with Crippen LogP contribution in [0.5, 0.6) is 0 Å². The normalized spacial score (nSPS) is 10.7. The molecule has 0 aliphatic carbocycles. The second-order valence-electron chi connectivity index (χ2n) is 5.97. The van der Waals surface area contributed by atoms with Crippen LogP contribution >= 0.6 is 11.6 Å². The Hall–Kier alpha value is -2.66. The lowest BCUT2D eigenvalue weighted by molar-refractivity contribution is 0.0752. The molecule has 0 N–H and O–H groups in total. The van der Waals surface area contributed by atoms with Gasteiger partial charge >= 0.3 is 0 Å². The van der Waals surface area contributed by atoms with Crippen LogP contribution in [0, 0.1) is 5.82 Å².